The van der Waals surface area contributed by atoms with Crippen molar-refractivity contribution in [2.24, 2.45) is 11.7 Å². The van der Waals surface area contributed by atoms with Gasteiger partial charge in [0.1, 0.15) is 11.4 Å². The van der Waals surface area contributed by atoms with E-state index in [1.165, 1.54) is 0 Å². The molecule has 2 unspecified atom stereocenters. The molecule has 0 radical (unpaired) electrons. The number of halogens is 1. The minimum absolute atomic E-state index is 0.246. The van der Waals surface area contributed by atoms with E-state index in [4.69, 9.17) is 10.5 Å². The van der Waals surface area contributed by atoms with Crippen LogP contribution in [-0.4, -0.2) is 32.1 Å². The molecule has 118 valence electrons. The minimum Gasteiger partial charge on any atom is -0.496 e. The summed E-state index contributed by atoms with van der Waals surface area (Å²) in [4.78, 5) is 2.30. The normalized spacial score (nSPS) is 23.6. The molecule has 0 bridgehead atoms. The van der Waals surface area contributed by atoms with Crippen molar-refractivity contribution in [2.45, 2.75) is 38.9 Å². The fourth-order valence-corrected chi connectivity index (χ4v) is 3.41. The molecule has 21 heavy (non-hydrogen) atoms. The van der Waals surface area contributed by atoms with Crippen LogP contribution < -0.4 is 10.5 Å². The molecule has 1 aromatic rings. The Morgan fingerprint density at radius 1 is 1.43 bits per heavy atom. The number of likely N-dealkylation sites (tertiary alicyclic amines) is 1. The Morgan fingerprint density at radius 3 is 2.57 bits per heavy atom. The summed E-state index contributed by atoms with van der Waals surface area (Å²) in [6.45, 7) is 6.88. The van der Waals surface area contributed by atoms with Gasteiger partial charge in [0, 0.05) is 23.7 Å². The second-order valence-electron chi connectivity index (χ2n) is 6.64. The highest BCUT2D eigenvalue weighted by molar-refractivity contribution is 5.50. The molecule has 0 aromatic heterocycles. The summed E-state index contributed by atoms with van der Waals surface area (Å²) < 4.78 is 20.1. The molecule has 4 heteroatoms. The Morgan fingerprint density at radius 2 is 2.10 bits per heavy atom. The van der Waals surface area contributed by atoms with Crippen LogP contribution in [0.25, 0.3) is 0 Å². The highest BCUT2D eigenvalue weighted by atomic mass is 19.1. The van der Waals surface area contributed by atoms with Gasteiger partial charge in [-0.15, -0.1) is 0 Å². The lowest BCUT2D eigenvalue weighted by Crippen LogP contribution is -2.22. The number of nitrogens with zero attached hydrogens (tertiary/aromatic N) is 1. The van der Waals surface area contributed by atoms with E-state index >= 15 is 0 Å². The molecule has 1 fully saturated rings. The van der Waals surface area contributed by atoms with Crippen LogP contribution in [0.15, 0.2) is 12.1 Å². The van der Waals surface area contributed by atoms with Crippen molar-refractivity contribution in [3.63, 3.8) is 0 Å². The lowest BCUT2D eigenvalue weighted by atomic mass is 9.89. The third kappa shape index (κ3) is 3.06. The van der Waals surface area contributed by atoms with Crippen molar-refractivity contribution in [1.29, 1.82) is 0 Å². The van der Waals surface area contributed by atoms with E-state index in [0.29, 0.717) is 23.8 Å². The fourth-order valence-electron chi connectivity index (χ4n) is 3.41. The molecule has 3 nitrogen and oxygen atoms in total. The summed E-state index contributed by atoms with van der Waals surface area (Å²) >= 11 is 0. The van der Waals surface area contributed by atoms with Gasteiger partial charge in [-0.1, -0.05) is 12.1 Å². The standard InChI is InChI=1S/C17H27FN2O/c1-11-6-7-13(17(2,3)18)16(21-5)15(11)14-8-12(9-19)10-20(14)4/h6-7,12,14H,8-10,19H2,1-5H3. The fraction of sp³-hybridized carbons (Fsp3) is 0.647. The van der Waals surface area contributed by atoms with E-state index in [9.17, 15) is 4.39 Å². The van der Waals surface area contributed by atoms with Gasteiger partial charge in [0.2, 0.25) is 0 Å². The summed E-state index contributed by atoms with van der Waals surface area (Å²) in [5, 5.41) is 0. The van der Waals surface area contributed by atoms with Gasteiger partial charge < -0.3 is 10.5 Å². The number of alkyl halides is 1. The van der Waals surface area contributed by atoms with E-state index in [0.717, 1.165) is 24.1 Å². The van der Waals surface area contributed by atoms with Gasteiger partial charge in [0.15, 0.2) is 0 Å². The second kappa shape index (κ2) is 5.93. The molecule has 0 spiro atoms. The molecule has 1 saturated heterocycles. The van der Waals surface area contributed by atoms with Crippen LogP contribution in [0, 0.1) is 12.8 Å². The van der Waals surface area contributed by atoms with Gasteiger partial charge in [-0.25, -0.2) is 4.39 Å². The predicted octanol–water partition coefficient (Wildman–Crippen LogP) is 3.16. The van der Waals surface area contributed by atoms with Crippen LogP contribution in [0.3, 0.4) is 0 Å². The van der Waals surface area contributed by atoms with E-state index in [1.54, 1.807) is 21.0 Å². The Kier molecular flexibility index (Phi) is 4.59. The highest BCUT2D eigenvalue weighted by Gasteiger charge is 2.35. The van der Waals surface area contributed by atoms with Crippen LogP contribution in [0.2, 0.25) is 0 Å². The Labute approximate surface area is 127 Å². The quantitative estimate of drug-likeness (QED) is 0.927. The summed E-state index contributed by atoms with van der Waals surface area (Å²) in [5.41, 5.74) is 7.29. The third-order valence-electron chi connectivity index (χ3n) is 4.56. The molecule has 2 atom stereocenters. The van der Waals surface area contributed by atoms with Gasteiger partial charge in [-0.05, 0) is 52.3 Å². The lowest BCUT2D eigenvalue weighted by Gasteiger charge is -2.28. The topological polar surface area (TPSA) is 38.5 Å². The lowest BCUT2D eigenvalue weighted by molar-refractivity contribution is 0.211. The maximum atomic E-state index is 14.5. The minimum atomic E-state index is -1.42. The van der Waals surface area contributed by atoms with Crippen molar-refractivity contribution < 1.29 is 9.13 Å². The van der Waals surface area contributed by atoms with Crippen LogP contribution in [0.4, 0.5) is 4.39 Å². The van der Waals surface area contributed by atoms with Crippen LogP contribution >= 0.6 is 0 Å². The summed E-state index contributed by atoms with van der Waals surface area (Å²) in [7, 11) is 3.73. The van der Waals surface area contributed by atoms with Gasteiger partial charge >= 0.3 is 0 Å². The smallest absolute Gasteiger partial charge is 0.134 e. The SMILES string of the molecule is COc1c(C(C)(C)F)ccc(C)c1C1CC(CN)CN1C. The van der Waals surface area contributed by atoms with Crippen molar-refractivity contribution in [2.75, 3.05) is 27.2 Å². The Balaban J connectivity index is 2.52. The van der Waals surface area contributed by atoms with E-state index in [1.807, 2.05) is 12.1 Å². The van der Waals surface area contributed by atoms with Gasteiger partial charge in [0.05, 0.1) is 7.11 Å². The number of hydrogen-bond acceptors (Lipinski definition) is 3. The maximum Gasteiger partial charge on any atom is 0.134 e. The first-order chi connectivity index (χ1) is 9.79. The number of hydrogen-bond donors (Lipinski definition) is 1. The van der Waals surface area contributed by atoms with Crippen molar-refractivity contribution in [3.8, 4) is 5.75 Å². The average Bonchev–Trinajstić information content (AvgIpc) is 2.77. The Hall–Kier alpha value is -1.13. The maximum absolute atomic E-state index is 14.5. The molecule has 2 N–H and O–H groups in total. The highest BCUT2D eigenvalue weighted by Crippen LogP contribution is 2.44. The van der Waals surface area contributed by atoms with Crippen molar-refractivity contribution >= 4 is 0 Å². The van der Waals surface area contributed by atoms with E-state index in [2.05, 4.69) is 18.9 Å². The summed E-state index contributed by atoms with van der Waals surface area (Å²) in [5.74, 6) is 1.18. The summed E-state index contributed by atoms with van der Waals surface area (Å²) in [6, 6.07) is 4.08. The largest absolute Gasteiger partial charge is 0.496 e. The molecular weight excluding hydrogens is 267 g/mol. The zero-order valence-corrected chi connectivity index (χ0v) is 13.7. The average molecular weight is 294 g/mol. The molecule has 1 aromatic carbocycles. The second-order valence-corrected chi connectivity index (χ2v) is 6.64. The summed E-state index contributed by atoms with van der Waals surface area (Å²) in [6.07, 6.45) is 1.00. The number of methoxy groups -OCH3 is 1. The zero-order valence-electron chi connectivity index (χ0n) is 13.7. The first kappa shape index (κ1) is 16.2. The van der Waals surface area contributed by atoms with Crippen LogP contribution in [0.5, 0.6) is 5.75 Å². The molecule has 0 saturated carbocycles. The number of nitrogens with two attached hydrogens (primary N) is 1. The van der Waals surface area contributed by atoms with Crippen LogP contribution in [-0.2, 0) is 5.67 Å². The Bertz CT molecular complexity index is 510. The molecule has 0 amide bonds. The number of rotatable bonds is 4. The van der Waals surface area contributed by atoms with Gasteiger partial charge in [-0.3, -0.25) is 4.90 Å². The first-order valence-corrected chi connectivity index (χ1v) is 7.56. The van der Waals surface area contributed by atoms with Gasteiger partial charge in [-0.2, -0.15) is 0 Å². The third-order valence-corrected chi connectivity index (χ3v) is 4.56. The van der Waals surface area contributed by atoms with Crippen molar-refractivity contribution in [3.05, 3.63) is 28.8 Å². The first-order valence-electron chi connectivity index (χ1n) is 7.56. The molecular formula is C17H27FN2O. The van der Waals surface area contributed by atoms with E-state index in [-0.39, 0.29) is 6.04 Å². The van der Waals surface area contributed by atoms with E-state index < -0.39 is 5.67 Å². The van der Waals surface area contributed by atoms with Gasteiger partial charge in [0.25, 0.3) is 0 Å². The van der Waals surface area contributed by atoms with Crippen LogP contribution in [0.1, 0.15) is 43.0 Å². The monoisotopic (exact) mass is 294 g/mol. The molecule has 1 heterocycles. The zero-order chi connectivity index (χ0) is 15.8. The molecule has 0 aliphatic carbocycles. The molecule has 1 aliphatic rings. The number of benzene rings is 1. The van der Waals surface area contributed by atoms with Crippen molar-refractivity contribution in [1.82, 2.24) is 4.90 Å². The number of aryl methyl sites for hydroxylation is 1. The molecule has 2 rings (SSSR count). The predicted molar refractivity (Wildman–Crippen MR) is 84.4 cm³/mol. The number of ether oxygens (including phenoxy) is 1. The molecule has 1 aliphatic heterocycles.